The van der Waals surface area contributed by atoms with Crippen molar-refractivity contribution in [2.24, 2.45) is 0 Å². The second kappa shape index (κ2) is 11.9. The van der Waals surface area contributed by atoms with Crippen molar-refractivity contribution in [3.8, 4) is 28.0 Å². The van der Waals surface area contributed by atoms with Crippen LogP contribution in [0.4, 0.5) is 5.82 Å². The van der Waals surface area contributed by atoms with Crippen LogP contribution in [0.2, 0.25) is 0 Å². The summed E-state index contributed by atoms with van der Waals surface area (Å²) in [5.74, 6) is 1.02. The van der Waals surface area contributed by atoms with E-state index in [0.717, 1.165) is 48.2 Å². The molecule has 6 heteroatoms. The minimum atomic E-state index is 0.115. The lowest BCUT2D eigenvalue weighted by Gasteiger charge is -2.36. The van der Waals surface area contributed by atoms with Crippen molar-refractivity contribution in [1.29, 1.82) is 0 Å². The largest absolute Gasteiger partial charge is 0.485 e. The fourth-order valence-corrected chi connectivity index (χ4v) is 5.84. The van der Waals surface area contributed by atoms with Crippen LogP contribution in [-0.4, -0.2) is 52.9 Å². The first-order valence-electron chi connectivity index (χ1n) is 14.3. The molecule has 6 rings (SSSR count). The summed E-state index contributed by atoms with van der Waals surface area (Å²) in [5.41, 5.74) is 12.1. The van der Waals surface area contributed by atoms with Gasteiger partial charge >= 0.3 is 0 Å². The van der Waals surface area contributed by atoms with E-state index in [0.29, 0.717) is 24.2 Å². The summed E-state index contributed by atoms with van der Waals surface area (Å²) in [6.45, 7) is 4.49. The van der Waals surface area contributed by atoms with E-state index < -0.39 is 0 Å². The number of nitrogen functional groups attached to an aromatic ring is 1. The maximum Gasteiger partial charge on any atom is 0.253 e. The lowest BCUT2D eigenvalue weighted by atomic mass is 10.0. The SMILES string of the molecule is Nc1ncc(-c2ccc(C(=O)N3CCC(N4CCCC4)CC3)cc2)cc1OCc1ccc(-c2ccccc2)cc1. The van der Waals surface area contributed by atoms with E-state index in [4.69, 9.17) is 10.5 Å². The molecule has 0 radical (unpaired) electrons. The maximum atomic E-state index is 13.2. The van der Waals surface area contributed by atoms with Gasteiger partial charge in [-0.25, -0.2) is 4.98 Å². The number of nitrogens with two attached hydrogens (primary N) is 1. The summed E-state index contributed by atoms with van der Waals surface area (Å²) >= 11 is 0. The summed E-state index contributed by atoms with van der Waals surface area (Å²) < 4.78 is 6.07. The minimum absolute atomic E-state index is 0.115. The van der Waals surface area contributed by atoms with Crippen LogP contribution in [0.15, 0.2) is 91.1 Å². The molecule has 6 nitrogen and oxygen atoms in total. The van der Waals surface area contributed by atoms with Gasteiger partial charge in [0.1, 0.15) is 6.61 Å². The lowest BCUT2D eigenvalue weighted by molar-refractivity contribution is 0.0644. The molecule has 40 heavy (non-hydrogen) atoms. The van der Waals surface area contributed by atoms with Gasteiger partial charge in [0.15, 0.2) is 11.6 Å². The van der Waals surface area contributed by atoms with E-state index in [1.54, 1.807) is 6.20 Å². The van der Waals surface area contributed by atoms with Crippen LogP contribution >= 0.6 is 0 Å². The average Bonchev–Trinajstić information content (AvgIpc) is 3.57. The Hall–Kier alpha value is -4.16. The smallest absolute Gasteiger partial charge is 0.253 e. The summed E-state index contributed by atoms with van der Waals surface area (Å²) in [6, 6.07) is 29.0. The molecular formula is C34H36N4O2. The van der Waals surface area contributed by atoms with Crippen molar-refractivity contribution < 1.29 is 9.53 Å². The average molecular weight is 533 g/mol. The molecule has 2 aliphatic heterocycles. The van der Waals surface area contributed by atoms with E-state index >= 15 is 0 Å². The van der Waals surface area contributed by atoms with Crippen molar-refractivity contribution in [3.63, 3.8) is 0 Å². The van der Waals surface area contributed by atoms with Crippen molar-refractivity contribution in [2.75, 3.05) is 31.9 Å². The summed E-state index contributed by atoms with van der Waals surface area (Å²) in [4.78, 5) is 22.1. The van der Waals surface area contributed by atoms with Crippen LogP contribution in [0.3, 0.4) is 0 Å². The normalized spacial score (nSPS) is 16.2. The van der Waals surface area contributed by atoms with Gasteiger partial charge < -0.3 is 20.3 Å². The van der Waals surface area contributed by atoms with Crippen LogP contribution < -0.4 is 10.5 Å². The number of benzene rings is 3. The van der Waals surface area contributed by atoms with Crippen molar-refractivity contribution >= 4 is 11.7 Å². The molecule has 3 heterocycles. The van der Waals surface area contributed by atoms with Crippen molar-refractivity contribution in [2.45, 2.75) is 38.3 Å². The number of nitrogens with zero attached hydrogens (tertiary/aromatic N) is 3. The summed E-state index contributed by atoms with van der Waals surface area (Å²) in [6.07, 6.45) is 6.51. The van der Waals surface area contributed by atoms with E-state index in [2.05, 4.69) is 46.3 Å². The molecule has 0 atom stereocenters. The highest BCUT2D eigenvalue weighted by molar-refractivity contribution is 5.94. The number of amides is 1. The molecule has 1 amide bonds. The van der Waals surface area contributed by atoms with Gasteiger partial charge in [-0.05, 0) is 79.2 Å². The van der Waals surface area contributed by atoms with E-state index in [1.807, 2.05) is 53.4 Å². The number of carbonyl (C=O) groups is 1. The van der Waals surface area contributed by atoms with Crippen LogP contribution in [0.5, 0.6) is 5.75 Å². The van der Waals surface area contributed by atoms with E-state index in [-0.39, 0.29) is 5.91 Å². The van der Waals surface area contributed by atoms with Gasteiger partial charge in [-0.3, -0.25) is 4.79 Å². The molecule has 2 fully saturated rings. The maximum absolute atomic E-state index is 13.2. The zero-order valence-electron chi connectivity index (χ0n) is 22.8. The Morgan fingerprint density at radius 1 is 0.800 bits per heavy atom. The predicted octanol–water partition coefficient (Wildman–Crippen LogP) is 6.28. The Kier molecular flexibility index (Phi) is 7.78. The predicted molar refractivity (Wildman–Crippen MR) is 160 cm³/mol. The van der Waals surface area contributed by atoms with Crippen molar-refractivity contribution in [1.82, 2.24) is 14.8 Å². The first-order chi connectivity index (χ1) is 19.6. The highest BCUT2D eigenvalue weighted by Crippen LogP contribution is 2.29. The van der Waals surface area contributed by atoms with Gasteiger partial charge in [-0.2, -0.15) is 0 Å². The molecule has 3 aromatic carbocycles. The van der Waals surface area contributed by atoms with Crippen LogP contribution in [0, 0.1) is 0 Å². The zero-order valence-corrected chi connectivity index (χ0v) is 22.8. The second-order valence-electron chi connectivity index (χ2n) is 10.8. The number of hydrogen-bond acceptors (Lipinski definition) is 5. The summed E-state index contributed by atoms with van der Waals surface area (Å²) in [7, 11) is 0. The third kappa shape index (κ3) is 5.87. The molecule has 2 saturated heterocycles. The topological polar surface area (TPSA) is 71.7 Å². The summed E-state index contributed by atoms with van der Waals surface area (Å²) in [5, 5.41) is 0. The highest BCUT2D eigenvalue weighted by atomic mass is 16.5. The molecule has 2 aliphatic rings. The fourth-order valence-electron chi connectivity index (χ4n) is 5.84. The van der Waals surface area contributed by atoms with Crippen LogP contribution in [0.25, 0.3) is 22.3 Å². The highest BCUT2D eigenvalue weighted by Gasteiger charge is 2.28. The molecular weight excluding hydrogens is 496 g/mol. The van der Waals surface area contributed by atoms with Gasteiger partial charge in [0.2, 0.25) is 0 Å². The van der Waals surface area contributed by atoms with Crippen LogP contribution in [0.1, 0.15) is 41.6 Å². The third-order valence-corrected chi connectivity index (χ3v) is 8.21. The Morgan fingerprint density at radius 3 is 2.12 bits per heavy atom. The molecule has 1 aromatic heterocycles. The van der Waals surface area contributed by atoms with Crippen LogP contribution in [-0.2, 0) is 6.61 Å². The molecule has 0 unspecified atom stereocenters. The molecule has 0 saturated carbocycles. The second-order valence-corrected chi connectivity index (χ2v) is 10.8. The number of pyridine rings is 1. The number of carbonyl (C=O) groups excluding carboxylic acids is 1. The minimum Gasteiger partial charge on any atom is -0.485 e. The lowest BCUT2D eigenvalue weighted by Crippen LogP contribution is -2.45. The standard InChI is InChI=1S/C34H36N4O2/c35-33-32(40-24-25-8-10-27(11-9-25)26-6-2-1-3-7-26)22-30(23-36-33)28-12-14-29(15-13-28)34(39)38-20-16-31(17-21-38)37-18-4-5-19-37/h1-3,6-15,22-23,31H,4-5,16-21,24H2,(H2,35,36). The Labute approximate surface area is 236 Å². The molecule has 204 valence electrons. The van der Waals surface area contributed by atoms with Gasteiger partial charge in [0, 0.05) is 36.5 Å². The zero-order chi connectivity index (χ0) is 27.3. The molecule has 0 aliphatic carbocycles. The third-order valence-electron chi connectivity index (χ3n) is 8.21. The first kappa shape index (κ1) is 26.1. The monoisotopic (exact) mass is 532 g/mol. The Bertz CT molecular complexity index is 1420. The number of ether oxygens (including phenoxy) is 1. The molecule has 0 spiro atoms. The van der Waals surface area contributed by atoms with Gasteiger partial charge in [0.05, 0.1) is 0 Å². The molecule has 4 aromatic rings. The number of anilines is 1. The quantitative estimate of drug-likeness (QED) is 0.303. The number of rotatable bonds is 7. The van der Waals surface area contributed by atoms with Gasteiger partial charge in [-0.15, -0.1) is 0 Å². The molecule has 2 N–H and O–H groups in total. The molecule has 0 bridgehead atoms. The fraction of sp³-hybridized carbons (Fsp3) is 0.294. The van der Waals surface area contributed by atoms with E-state index in [9.17, 15) is 4.79 Å². The number of likely N-dealkylation sites (tertiary alicyclic amines) is 2. The number of hydrogen-bond donors (Lipinski definition) is 1. The number of piperidine rings is 1. The van der Waals surface area contributed by atoms with E-state index in [1.165, 1.54) is 37.1 Å². The van der Waals surface area contributed by atoms with Gasteiger partial charge in [-0.1, -0.05) is 66.7 Å². The first-order valence-corrected chi connectivity index (χ1v) is 14.3. The Balaban J connectivity index is 1.07. The number of aromatic nitrogens is 1. The Morgan fingerprint density at radius 2 is 1.43 bits per heavy atom. The van der Waals surface area contributed by atoms with Crippen molar-refractivity contribution in [3.05, 3.63) is 102 Å². The van der Waals surface area contributed by atoms with Gasteiger partial charge in [0.25, 0.3) is 5.91 Å².